The number of amides is 1. The first-order chi connectivity index (χ1) is 11.9. The molecule has 25 heavy (non-hydrogen) atoms. The average molecular weight is 339 g/mol. The summed E-state index contributed by atoms with van der Waals surface area (Å²) in [6.07, 6.45) is 2.86. The van der Waals surface area contributed by atoms with Gasteiger partial charge in [0.2, 0.25) is 5.91 Å². The molecule has 0 radical (unpaired) electrons. The Balaban J connectivity index is 2.03. The summed E-state index contributed by atoms with van der Waals surface area (Å²) < 4.78 is 13.9. The largest absolute Gasteiger partial charge is 0.362 e. The van der Waals surface area contributed by atoms with Crippen LogP contribution in [-0.2, 0) is 4.79 Å². The van der Waals surface area contributed by atoms with Crippen molar-refractivity contribution in [3.8, 4) is 6.07 Å². The molecule has 1 N–H and O–H groups in total. The number of hydrogen-bond donors (Lipinski definition) is 1. The lowest BCUT2D eigenvalue weighted by Crippen LogP contribution is -2.48. The van der Waals surface area contributed by atoms with E-state index in [0.29, 0.717) is 17.1 Å². The summed E-state index contributed by atoms with van der Waals surface area (Å²) in [5.41, 5.74) is 1.62. The van der Waals surface area contributed by atoms with Gasteiger partial charge in [0.1, 0.15) is 17.7 Å². The molecule has 6 nitrogen and oxygen atoms in total. The Bertz CT molecular complexity index is 846. The van der Waals surface area contributed by atoms with Gasteiger partial charge in [-0.05, 0) is 25.1 Å². The van der Waals surface area contributed by atoms with E-state index in [0.717, 1.165) is 0 Å². The van der Waals surface area contributed by atoms with Crippen LogP contribution in [0.4, 0.5) is 15.9 Å². The number of nitrogens with one attached hydrogen (secondary N) is 1. The maximum absolute atomic E-state index is 13.9. The highest BCUT2D eigenvalue weighted by atomic mass is 19.1. The van der Waals surface area contributed by atoms with Gasteiger partial charge in [0.15, 0.2) is 5.69 Å². The van der Waals surface area contributed by atoms with Crippen molar-refractivity contribution >= 4 is 17.4 Å². The molecular weight excluding hydrogens is 321 g/mol. The topological polar surface area (TPSA) is 81.9 Å². The molecule has 128 valence electrons. The highest BCUT2D eigenvalue weighted by molar-refractivity contribution is 5.93. The summed E-state index contributed by atoms with van der Waals surface area (Å²) in [5.74, 6) is 0.0655. The number of carbonyl (C=O) groups is 1. The summed E-state index contributed by atoms with van der Waals surface area (Å²) in [6, 6.07) is 6.05. The lowest BCUT2D eigenvalue weighted by atomic mass is 9.82. The van der Waals surface area contributed by atoms with E-state index in [1.807, 2.05) is 19.9 Å². The number of hydrogen-bond acceptors (Lipinski definition) is 5. The zero-order chi connectivity index (χ0) is 18.1. The van der Waals surface area contributed by atoms with Crippen LogP contribution in [0.15, 0.2) is 30.6 Å². The van der Waals surface area contributed by atoms with Gasteiger partial charge in [-0.25, -0.2) is 14.4 Å². The quantitative estimate of drug-likeness (QED) is 0.909. The van der Waals surface area contributed by atoms with Gasteiger partial charge in [-0.2, -0.15) is 5.26 Å². The summed E-state index contributed by atoms with van der Waals surface area (Å²) in [6.45, 7) is 5.48. The standard InChI is InChI=1S/C18H18FN5O/c1-10-11(2)24(12(3)25)16-5-4-13(19)6-15(16)18(10)23-17-9-21-14(7-20)8-22-17/h4-6,8-11,18H,1-3H3,(H,22,23)/t10-,11-,18?/m0/s1. The van der Waals surface area contributed by atoms with E-state index >= 15 is 0 Å². The number of benzene rings is 1. The number of rotatable bonds is 2. The van der Waals surface area contributed by atoms with Crippen LogP contribution >= 0.6 is 0 Å². The van der Waals surface area contributed by atoms with Crippen molar-refractivity contribution in [3.63, 3.8) is 0 Å². The molecule has 3 rings (SSSR count). The minimum atomic E-state index is -0.360. The SMILES string of the molecule is CC(=O)N1c2ccc(F)cc2C(Nc2cnc(C#N)cn2)[C@@H](C)[C@@H]1C. The Labute approximate surface area is 145 Å². The molecule has 0 fully saturated rings. The first kappa shape index (κ1) is 16.8. The third-order valence-corrected chi connectivity index (χ3v) is 4.69. The van der Waals surface area contributed by atoms with Crippen molar-refractivity contribution in [2.75, 3.05) is 10.2 Å². The predicted octanol–water partition coefficient (Wildman–Crippen LogP) is 3.03. The van der Waals surface area contributed by atoms with Gasteiger partial charge in [-0.15, -0.1) is 0 Å². The molecule has 7 heteroatoms. The van der Waals surface area contributed by atoms with Crippen LogP contribution in [0.5, 0.6) is 0 Å². The molecule has 2 aromatic rings. The maximum Gasteiger partial charge on any atom is 0.224 e. The fourth-order valence-corrected chi connectivity index (χ4v) is 3.30. The Morgan fingerprint density at radius 3 is 2.68 bits per heavy atom. The highest BCUT2D eigenvalue weighted by Gasteiger charge is 2.38. The van der Waals surface area contributed by atoms with Crippen LogP contribution in [0.2, 0.25) is 0 Å². The molecule has 0 saturated heterocycles. The molecule has 1 amide bonds. The Hall–Kier alpha value is -3.01. The van der Waals surface area contributed by atoms with E-state index in [1.165, 1.54) is 31.5 Å². The van der Waals surface area contributed by atoms with Crippen LogP contribution in [0.25, 0.3) is 0 Å². The van der Waals surface area contributed by atoms with E-state index in [2.05, 4.69) is 15.3 Å². The van der Waals surface area contributed by atoms with E-state index in [1.54, 1.807) is 11.0 Å². The van der Waals surface area contributed by atoms with E-state index in [-0.39, 0.29) is 35.4 Å². The lowest BCUT2D eigenvalue weighted by molar-refractivity contribution is -0.117. The number of nitriles is 1. The second-order valence-corrected chi connectivity index (χ2v) is 6.21. The minimum Gasteiger partial charge on any atom is -0.362 e. The Kier molecular flexibility index (Phi) is 4.36. The molecule has 3 atom stereocenters. The van der Waals surface area contributed by atoms with Gasteiger partial charge in [-0.3, -0.25) is 4.79 Å². The first-order valence-electron chi connectivity index (χ1n) is 8.00. The minimum absolute atomic E-state index is 0.00985. The number of fused-ring (bicyclic) bond motifs is 1. The monoisotopic (exact) mass is 339 g/mol. The zero-order valence-electron chi connectivity index (χ0n) is 14.2. The normalized spacial score (nSPS) is 22.0. The van der Waals surface area contributed by atoms with Crippen LogP contribution in [0.1, 0.15) is 38.1 Å². The third kappa shape index (κ3) is 3.03. The predicted molar refractivity (Wildman–Crippen MR) is 91.3 cm³/mol. The molecular formula is C18H18FN5O. The first-order valence-corrected chi connectivity index (χ1v) is 8.00. The number of nitrogens with zero attached hydrogens (tertiary/aromatic N) is 4. The lowest BCUT2D eigenvalue weighted by Gasteiger charge is -2.43. The molecule has 0 spiro atoms. The highest BCUT2D eigenvalue weighted by Crippen LogP contribution is 2.42. The Morgan fingerprint density at radius 2 is 2.08 bits per heavy atom. The summed E-state index contributed by atoms with van der Waals surface area (Å²) in [4.78, 5) is 22.0. The number of aromatic nitrogens is 2. The van der Waals surface area contributed by atoms with Crippen molar-refractivity contribution in [2.45, 2.75) is 32.9 Å². The molecule has 1 aromatic carbocycles. The number of carbonyl (C=O) groups excluding carboxylic acids is 1. The van der Waals surface area contributed by atoms with Crippen molar-refractivity contribution in [2.24, 2.45) is 5.92 Å². The summed E-state index contributed by atoms with van der Waals surface area (Å²) in [7, 11) is 0. The molecule has 0 aliphatic carbocycles. The van der Waals surface area contributed by atoms with Crippen molar-refractivity contribution in [1.29, 1.82) is 5.26 Å². The van der Waals surface area contributed by atoms with Crippen molar-refractivity contribution in [1.82, 2.24) is 9.97 Å². The van der Waals surface area contributed by atoms with Gasteiger partial charge in [0.25, 0.3) is 0 Å². The molecule has 2 heterocycles. The van der Waals surface area contributed by atoms with E-state index in [4.69, 9.17) is 5.26 Å². The molecule has 1 unspecified atom stereocenters. The average Bonchev–Trinajstić information content (AvgIpc) is 2.60. The van der Waals surface area contributed by atoms with Gasteiger partial charge in [-0.1, -0.05) is 6.92 Å². The van der Waals surface area contributed by atoms with Gasteiger partial charge in [0, 0.05) is 30.1 Å². The smallest absolute Gasteiger partial charge is 0.224 e. The van der Waals surface area contributed by atoms with Gasteiger partial charge in [0.05, 0.1) is 18.4 Å². The van der Waals surface area contributed by atoms with E-state index < -0.39 is 0 Å². The molecule has 0 saturated carbocycles. The van der Waals surface area contributed by atoms with Crippen LogP contribution < -0.4 is 10.2 Å². The molecule has 1 aromatic heterocycles. The second-order valence-electron chi connectivity index (χ2n) is 6.21. The summed E-state index contributed by atoms with van der Waals surface area (Å²) in [5, 5.41) is 12.1. The van der Waals surface area contributed by atoms with Gasteiger partial charge < -0.3 is 10.2 Å². The molecule has 1 aliphatic rings. The van der Waals surface area contributed by atoms with E-state index in [9.17, 15) is 9.18 Å². The maximum atomic E-state index is 13.9. The van der Waals surface area contributed by atoms with Crippen molar-refractivity contribution in [3.05, 3.63) is 47.7 Å². The number of halogens is 1. The van der Waals surface area contributed by atoms with Crippen LogP contribution in [0.3, 0.4) is 0 Å². The van der Waals surface area contributed by atoms with Crippen LogP contribution in [0, 0.1) is 23.1 Å². The van der Waals surface area contributed by atoms with Gasteiger partial charge >= 0.3 is 0 Å². The van der Waals surface area contributed by atoms with Crippen LogP contribution in [-0.4, -0.2) is 21.9 Å². The fourth-order valence-electron chi connectivity index (χ4n) is 3.30. The molecule has 1 aliphatic heterocycles. The summed E-state index contributed by atoms with van der Waals surface area (Å²) >= 11 is 0. The Morgan fingerprint density at radius 1 is 1.32 bits per heavy atom. The third-order valence-electron chi connectivity index (χ3n) is 4.69. The zero-order valence-corrected chi connectivity index (χ0v) is 14.2. The second kappa shape index (κ2) is 6.48. The molecule has 0 bridgehead atoms. The number of anilines is 2. The van der Waals surface area contributed by atoms with Crippen molar-refractivity contribution < 1.29 is 9.18 Å². The fraction of sp³-hybridized carbons (Fsp3) is 0.333.